The minimum atomic E-state index is -3.39. The minimum Gasteiger partial charge on any atom is -0.480 e. The van der Waals surface area contributed by atoms with Crippen molar-refractivity contribution < 1.29 is 23.1 Å². The summed E-state index contributed by atoms with van der Waals surface area (Å²) in [6.45, 7) is 0.309. The predicted octanol–water partition coefficient (Wildman–Crippen LogP) is 0.123. The first-order chi connectivity index (χ1) is 9.26. The molecule has 0 spiro atoms. The van der Waals surface area contributed by atoms with Gasteiger partial charge >= 0.3 is 12.0 Å². The molecule has 2 aliphatic rings. The smallest absolute Gasteiger partial charge is 0.329 e. The van der Waals surface area contributed by atoms with Gasteiger partial charge in [-0.25, -0.2) is 18.0 Å². The fourth-order valence-corrected chi connectivity index (χ4v) is 5.18. The topological polar surface area (TPSA) is 104 Å². The van der Waals surface area contributed by atoms with Crippen LogP contribution in [0.5, 0.6) is 0 Å². The summed E-state index contributed by atoms with van der Waals surface area (Å²) in [7, 11) is -3.39. The highest BCUT2D eigenvalue weighted by molar-refractivity contribution is 8.00. The third kappa shape index (κ3) is 2.88. The van der Waals surface area contributed by atoms with Crippen molar-refractivity contribution in [2.75, 3.05) is 24.3 Å². The van der Waals surface area contributed by atoms with E-state index in [9.17, 15) is 23.1 Å². The molecular weight excluding hydrogens is 304 g/mol. The van der Waals surface area contributed by atoms with E-state index < -0.39 is 32.8 Å². The van der Waals surface area contributed by atoms with Crippen LogP contribution in [-0.4, -0.2) is 65.6 Å². The van der Waals surface area contributed by atoms with Crippen molar-refractivity contribution in [2.24, 2.45) is 0 Å². The largest absolute Gasteiger partial charge is 0.480 e. The molecule has 114 valence electrons. The number of urea groups is 1. The van der Waals surface area contributed by atoms with Crippen LogP contribution in [0, 0.1) is 0 Å². The number of nitrogens with one attached hydrogen (secondary N) is 1. The first-order valence-electron chi connectivity index (χ1n) is 6.35. The highest BCUT2D eigenvalue weighted by atomic mass is 32.2. The van der Waals surface area contributed by atoms with E-state index in [1.165, 1.54) is 16.7 Å². The number of hydrogen-bond donors (Lipinski definition) is 2. The molecule has 0 aromatic carbocycles. The van der Waals surface area contributed by atoms with Crippen molar-refractivity contribution in [1.82, 2.24) is 10.2 Å². The fraction of sp³-hybridized carbons (Fsp3) is 0.818. The molecule has 9 heteroatoms. The standard InChI is InChI=1S/C11H18N2O5S2/c1-20(17,18)8-7-19-6-5-13(8)10(16)12-11(9(14)15)3-2-4-11/h8H,2-7H2,1H3,(H,12,16)(H,14,15). The summed E-state index contributed by atoms with van der Waals surface area (Å²) in [4.78, 5) is 24.7. The molecule has 0 radical (unpaired) electrons. The Bertz CT molecular complexity index is 515. The second-order valence-electron chi connectivity index (χ2n) is 5.22. The van der Waals surface area contributed by atoms with E-state index in [-0.39, 0.29) is 0 Å². The molecule has 1 saturated carbocycles. The van der Waals surface area contributed by atoms with Gasteiger partial charge in [-0.1, -0.05) is 0 Å². The van der Waals surface area contributed by atoms with E-state index in [2.05, 4.69) is 5.32 Å². The average Bonchev–Trinajstić information content (AvgIpc) is 2.32. The third-order valence-corrected chi connectivity index (χ3v) is 6.45. The number of hydrogen-bond acceptors (Lipinski definition) is 5. The lowest BCUT2D eigenvalue weighted by atomic mass is 9.77. The minimum absolute atomic E-state index is 0.309. The summed E-state index contributed by atoms with van der Waals surface area (Å²) >= 11 is 1.48. The van der Waals surface area contributed by atoms with Crippen molar-refractivity contribution in [3.05, 3.63) is 0 Å². The summed E-state index contributed by atoms with van der Waals surface area (Å²) in [6, 6.07) is -0.595. The van der Waals surface area contributed by atoms with Gasteiger partial charge in [-0.15, -0.1) is 0 Å². The number of thioether (sulfide) groups is 1. The molecule has 1 heterocycles. The maximum absolute atomic E-state index is 12.2. The number of sulfone groups is 1. The number of carboxylic acids is 1. The van der Waals surface area contributed by atoms with Crippen LogP contribution in [0.25, 0.3) is 0 Å². The van der Waals surface area contributed by atoms with Gasteiger partial charge in [0.05, 0.1) is 0 Å². The molecule has 2 fully saturated rings. The number of aliphatic carboxylic acids is 1. The van der Waals surface area contributed by atoms with Gasteiger partial charge in [-0.05, 0) is 19.3 Å². The second-order valence-corrected chi connectivity index (χ2v) is 8.58. The Labute approximate surface area is 122 Å². The summed E-state index contributed by atoms with van der Waals surface area (Å²) in [5.74, 6) is -0.0781. The van der Waals surface area contributed by atoms with E-state index in [1.807, 2.05) is 0 Å². The number of carboxylic acid groups (broad SMARTS) is 1. The van der Waals surface area contributed by atoms with Crippen LogP contribution in [0.2, 0.25) is 0 Å². The monoisotopic (exact) mass is 322 g/mol. The number of rotatable bonds is 3. The molecule has 1 aliphatic carbocycles. The van der Waals surface area contributed by atoms with Crippen LogP contribution in [0.1, 0.15) is 19.3 Å². The zero-order valence-corrected chi connectivity index (χ0v) is 12.8. The van der Waals surface area contributed by atoms with E-state index in [0.29, 0.717) is 30.9 Å². The molecule has 7 nitrogen and oxygen atoms in total. The zero-order valence-electron chi connectivity index (χ0n) is 11.2. The van der Waals surface area contributed by atoms with Gasteiger partial charge in [-0.2, -0.15) is 11.8 Å². The quantitative estimate of drug-likeness (QED) is 0.765. The highest BCUT2D eigenvalue weighted by Gasteiger charge is 2.47. The van der Waals surface area contributed by atoms with Crippen molar-refractivity contribution in [3.63, 3.8) is 0 Å². The zero-order chi connectivity index (χ0) is 15.0. The molecule has 2 amide bonds. The average molecular weight is 322 g/mol. The van der Waals surface area contributed by atoms with E-state index in [1.54, 1.807) is 0 Å². The Balaban J connectivity index is 2.12. The second kappa shape index (κ2) is 5.44. The molecular formula is C11H18N2O5S2. The Morgan fingerprint density at radius 2 is 2.05 bits per heavy atom. The van der Waals surface area contributed by atoms with Gasteiger partial charge in [0, 0.05) is 24.3 Å². The van der Waals surface area contributed by atoms with E-state index in [4.69, 9.17) is 0 Å². The SMILES string of the molecule is CS(=O)(=O)C1CSCCN1C(=O)NC1(C(=O)O)CCC1. The van der Waals surface area contributed by atoms with Crippen LogP contribution in [-0.2, 0) is 14.6 Å². The molecule has 1 unspecified atom stereocenters. The van der Waals surface area contributed by atoms with Crippen LogP contribution >= 0.6 is 11.8 Å². The first-order valence-corrected chi connectivity index (χ1v) is 9.46. The molecule has 0 bridgehead atoms. The molecule has 1 atom stereocenters. The van der Waals surface area contributed by atoms with E-state index >= 15 is 0 Å². The Morgan fingerprint density at radius 3 is 2.50 bits per heavy atom. The van der Waals surface area contributed by atoms with Crippen LogP contribution < -0.4 is 5.32 Å². The summed E-state index contributed by atoms with van der Waals surface area (Å²) in [6.07, 6.45) is 2.62. The molecule has 0 aromatic heterocycles. The normalized spacial score (nSPS) is 25.6. The van der Waals surface area contributed by atoms with Gasteiger partial charge in [0.25, 0.3) is 0 Å². The number of carbonyl (C=O) groups excluding carboxylic acids is 1. The lowest BCUT2D eigenvalue weighted by molar-refractivity contribution is -0.148. The maximum Gasteiger partial charge on any atom is 0.329 e. The maximum atomic E-state index is 12.2. The Morgan fingerprint density at radius 1 is 1.40 bits per heavy atom. The van der Waals surface area contributed by atoms with Gasteiger partial charge in [0.1, 0.15) is 10.9 Å². The predicted molar refractivity (Wildman–Crippen MR) is 75.4 cm³/mol. The molecule has 1 aliphatic heterocycles. The van der Waals surface area contributed by atoms with Crippen molar-refractivity contribution >= 4 is 33.6 Å². The summed E-state index contributed by atoms with van der Waals surface area (Å²) in [5, 5.41) is 10.8. The lowest BCUT2D eigenvalue weighted by Crippen LogP contribution is -2.64. The molecule has 20 heavy (non-hydrogen) atoms. The van der Waals surface area contributed by atoms with Gasteiger partial charge in [0.15, 0.2) is 9.84 Å². The van der Waals surface area contributed by atoms with Crippen LogP contribution in [0.15, 0.2) is 0 Å². The Kier molecular flexibility index (Phi) is 4.19. The highest BCUT2D eigenvalue weighted by Crippen LogP contribution is 2.32. The van der Waals surface area contributed by atoms with Crippen LogP contribution in [0.4, 0.5) is 4.79 Å². The van der Waals surface area contributed by atoms with Gasteiger partial charge in [0.2, 0.25) is 0 Å². The molecule has 2 N–H and O–H groups in total. The Hall–Kier alpha value is -0.960. The summed E-state index contributed by atoms with van der Waals surface area (Å²) in [5.41, 5.74) is -1.22. The van der Waals surface area contributed by atoms with Gasteiger partial charge < -0.3 is 15.3 Å². The number of carbonyl (C=O) groups is 2. The number of nitrogens with zero attached hydrogens (tertiary/aromatic N) is 1. The molecule has 1 saturated heterocycles. The van der Waals surface area contributed by atoms with E-state index in [0.717, 1.165) is 12.7 Å². The van der Waals surface area contributed by atoms with Crippen molar-refractivity contribution in [1.29, 1.82) is 0 Å². The number of amides is 2. The van der Waals surface area contributed by atoms with Crippen LogP contribution in [0.3, 0.4) is 0 Å². The fourth-order valence-electron chi connectivity index (χ4n) is 2.37. The van der Waals surface area contributed by atoms with Crippen molar-refractivity contribution in [2.45, 2.75) is 30.2 Å². The first kappa shape index (κ1) is 15.4. The molecule has 2 rings (SSSR count). The van der Waals surface area contributed by atoms with Gasteiger partial charge in [-0.3, -0.25) is 0 Å². The lowest BCUT2D eigenvalue weighted by Gasteiger charge is -2.41. The summed E-state index contributed by atoms with van der Waals surface area (Å²) < 4.78 is 23.5. The third-order valence-electron chi connectivity index (χ3n) is 3.80. The van der Waals surface area contributed by atoms with Crippen molar-refractivity contribution in [3.8, 4) is 0 Å². The molecule has 0 aromatic rings.